The average Bonchev–Trinajstić information content (AvgIpc) is 2.89. The van der Waals surface area contributed by atoms with Crippen LogP contribution in [0.4, 0.5) is 0 Å². The summed E-state index contributed by atoms with van der Waals surface area (Å²) >= 11 is 0. The Kier molecular flexibility index (Phi) is 2.48. The van der Waals surface area contributed by atoms with Gasteiger partial charge < -0.3 is 9.97 Å². The first-order chi connectivity index (χ1) is 8.72. The molecule has 0 bridgehead atoms. The van der Waals surface area contributed by atoms with E-state index >= 15 is 0 Å². The summed E-state index contributed by atoms with van der Waals surface area (Å²) in [7, 11) is 4.02. The van der Waals surface area contributed by atoms with E-state index in [2.05, 4.69) is 20.7 Å². The van der Waals surface area contributed by atoms with Crippen molar-refractivity contribution in [3.05, 3.63) is 48.3 Å². The van der Waals surface area contributed by atoms with E-state index in [-0.39, 0.29) is 0 Å². The van der Waals surface area contributed by atoms with Gasteiger partial charge in [-0.2, -0.15) is 0 Å². The van der Waals surface area contributed by atoms with E-state index in [4.69, 9.17) is 0 Å². The number of imidazole rings is 2. The Morgan fingerprint density at radius 2 is 2.11 bits per heavy atom. The number of fused-ring (bicyclic) bond motifs is 1. The highest BCUT2D eigenvalue weighted by Gasteiger charge is 2.02. The van der Waals surface area contributed by atoms with Crippen molar-refractivity contribution in [2.24, 2.45) is 14.1 Å². The first kappa shape index (κ1) is 10.8. The summed E-state index contributed by atoms with van der Waals surface area (Å²) in [5, 5.41) is 0. The fourth-order valence-electron chi connectivity index (χ4n) is 1.99. The van der Waals surface area contributed by atoms with Gasteiger partial charge >= 0.3 is 0 Å². The van der Waals surface area contributed by atoms with Gasteiger partial charge in [0.05, 0.1) is 14.1 Å². The number of aryl methyl sites for hydroxylation is 2. The van der Waals surface area contributed by atoms with Gasteiger partial charge in [0.2, 0.25) is 6.33 Å². The lowest BCUT2D eigenvalue weighted by atomic mass is 10.3. The van der Waals surface area contributed by atoms with Crippen molar-refractivity contribution in [2.45, 2.75) is 0 Å². The SMILES string of the molecule is Cn1c[n+](C)cc1/C=C/c1nc2ccccc2[n-]1. The van der Waals surface area contributed by atoms with Crippen LogP contribution in [-0.2, 0) is 14.1 Å². The summed E-state index contributed by atoms with van der Waals surface area (Å²) < 4.78 is 4.07. The van der Waals surface area contributed by atoms with E-state index in [1.807, 2.05) is 61.4 Å². The third kappa shape index (κ3) is 1.93. The highest BCUT2D eigenvalue weighted by atomic mass is 15.1. The molecule has 0 amide bonds. The maximum absolute atomic E-state index is 4.45. The highest BCUT2D eigenvalue weighted by Crippen LogP contribution is 2.11. The summed E-state index contributed by atoms with van der Waals surface area (Å²) in [4.78, 5) is 8.90. The zero-order chi connectivity index (χ0) is 12.5. The zero-order valence-corrected chi connectivity index (χ0v) is 10.4. The molecule has 2 heterocycles. The Balaban J connectivity index is 1.94. The molecule has 0 spiro atoms. The number of para-hydroxylation sites is 2. The standard InChI is InChI=1S/C14H14N4/c1-17-9-11(18(2)10-17)7-8-14-15-12-5-3-4-6-13(12)16-14/h3-10H,1-2H3/b8-7+. The summed E-state index contributed by atoms with van der Waals surface area (Å²) in [5.41, 5.74) is 3.00. The third-order valence-electron chi connectivity index (χ3n) is 2.85. The van der Waals surface area contributed by atoms with Crippen LogP contribution in [0.3, 0.4) is 0 Å². The number of hydrogen-bond donors (Lipinski definition) is 0. The van der Waals surface area contributed by atoms with E-state index in [1.54, 1.807) is 0 Å². The molecule has 4 heteroatoms. The van der Waals surface area contributed by atoms with Gasteiger partial charge in [0, 0.05) is 0 Å². The lowest BCUT2D eigenvalue weighted by Crippen LogP contribution is -2.23. The van der Waals surface area contributed by atoms with E-state index < -0.39 is 0 Å². The van der Waals surface area contributed by atoms with E-state index in [0.29, 0.717) is 0 Å². The van der Waals surface area contributed by atoms with Crippen molar-refractivity contribution in [1.82, 2.24) is 14.5 Å². The molecule has 1 aromatic carbocycles. The Morgan fingerprint density at radius 3 is 2.83 bits per heavy atom. The minimum atomic E-state index is 0.750. The van der Waals surface area contributed by atoms with Gasteiger partial charge in [-0.15, -0.1) is 0 Å². The highest BCUT2D eigenvalue weighted by molar-refractivity contribution is 5.78. The predicted octanol–water partition coefficient (Wildman–Crippen LogP) is 1.53. The zero-order valence-electron chi connectivity index (χ0n) is 10.4. The van der Waals surface area contributed by atoms with Crippen LogP contribution in [0.5, 0.6) is 0 Å². The molecular weight excluding hydrogens is 224 g/mol. The second-order valence-corrected chi connectivity index (χ2v) is 4.35. The number of aromatic nitrogens is 4. The van der Waals surface area contributed by atoms with Crippen LogP contribution >= 0.6 is 0 Å². The summed E-state index contributed by atoms with van der Waals surface area (Å²) in [6.07, 6.45) is 8.03. The van der Waals surface area contributed by atoms with Gasteiger partial charge in [-0.05, 0) is 17.1 Å². The molecule has 0 radical (unpaired) electrons. The molecule has 0 fully saturated rings. The average molecular weight is 238 g/mol. The smallest absolute Gasteiger partial charge is 0.243 e. The van der Waals surface area contributed by atoms with Crippen molar-refractivity contribution >= 4 is 23.2 Å². The Hall–Kier alpha value is -2.36. The minimum absolute atomic E-state index is 0.750. The molecule has 3 rings (SSSR count). The quantitative estimate of drug-likeness (QED) is 0.635. The number of rotatable bonds is 2. The van der Waals surface area contributed by atoms with E-state index in [1.165, 1.54) is 0 Å². The Labute approximate surface area is 105 Å². The van der Waals surface area contributed by atoms with Crippen molar-refractivity contribution in [1.29, 1.82) is 0 Å². The van der Waals surface area contributed by atoms with Gasteiger partial charge in [-0.3, -0.25) is 0 Å². The second kappa shape index (κ2) is 4.14. The van der Waals surface area contributed by atoms with Crippen LogP contribution in [0.1, 0.15) is 11.5 Å². The molecule has 0 aliphatic rings. The van der Waals surface area contributed by atoms with Crippen LogP contribution in [0.15, 0.2) is 36.8 Å². The third-order valence-corrected chi connectivity index (χ3v) is 2.85. The largest absolute Gasteiger partial charge is 0.436 e. The van der Waals surface area contributed by atoms with Crippen LogP contribution in [-0.4, -0.2) is 9.55 Å². The first-order valence-corrected chi connectivity index (χ1v) is 5.81. The molecule has 4 nitrogen and oxygen atoms in total. The summed E-state index contributed by atoms with van der Waals surface area (Å²) in [6, 6.07) is 7.90. The molecule has 90 valence electrons. The maximum Gasteiger partial charge on any atom is 0.243 e. The van der Waals surface area contributed by atoms with Crippen molar-refractivity contribution in [3.63, 3.8) is 0 Å². The first-order valence-electron chi connectivity index (χ1n) is 5.81. The molecule has 0 N–H and O–H groups in total. The molecule has 0 saturated heterocycles. The Morgan fingerprint density at radius 1 is 1.28 bits per heavy atom. The fourth-order valence-corrected chi connectivity index (χ4v) is 1.99. The monoisotopic (exact) mass is 238 g/mol. The van der Waals surface area contributed by atoms with Crippen molar-refractivity contribution in [3.8, 4) is 0 Å². The van der Waals surface area contributed by atoms with E-state index in [9.17, 15) is 0 Å². The van der Waals surface area contributed by atoms with Gasteiger partial charge in [-0.25, -0.2) is 9.13 Å². The molecule has 0 saturated carbocycles. The van der Waals surface area contributed by atoms with Crippen molar-refractivity contribution in [2.75, 3.05) is 0 Å². The Bertz CT molecular complexity index is 685. The predicted molar refractivity (Wildman–Crippen MR) is 70.6 cm³/mol. The molecule has 18 heavy (non-hydrogen) atoms. The molecule has 0 aliphatic carbocycles. The van der Waals surface area contributed by atoms with Gasteiger partial charge in [0.25, 0.3) is 0 Å². The molecule has 2 aromatic heterocycles. The van der Waals surface area contributed by atoms with Crippen molar-refractivity contribution < 1.29 is 4.57 Å². The van der Waals surface area contributed by atoms with Gasteiger partial charge in [0.15, 0.2) is 5.69 Å². The lowest BCUT2D eigenvalue weighted by Gasteiger charge is -1.92. The number of benzene rings is 1. The van der Waals surface area contributed by atoms with Crippen LogP contribution in [0, 0.1) is 0 Å². The summed E-state index contributed by atoms with van der Waals surface area (Å²) in [6.45, 7) is 0. The maximum atomic E-state index is 4.45. The molecular formula is C14H14N4. The normalized spacial score (nSPS) is 11.7. The fraction of sp³-hybridized carbons (Fsp3) is 0.143. The van der Waals surface area contributed by atoms with Crippen LogP contribution < -0.4 is 9.55 Å². The molecule has 0 unspecified atom stereocenters. The molecule has 0 atom stereocenters. The van der Waals surface area contributed by atoms with Crippen LogP contribution in [0.2, 0.25) is 0 Å². The summed E-state index contributed by atoms with van der Waals surface area (Å²) in [5.74, 6) is 0.750. The lowest BCUT2D eigenvalue weighted by molar-refractivity contribution is -0.671. The molecule has 3 aromatic rings. The topological polar surface area (TPSA) is 35.8 Å². The minimum Gasteiger partial charge on any atom is -0.436 e. The van der Waals surface area contributed by atoms with Gasteiger partial charge in [0.1, 0.15) is 6.20 Å². The second-order valence-electron chi connectivity index (χ2n) is 4.35. The number of hydrogen-bond acceptors (Lipinski definition) is 1. The van der Waals surface area contributed by atoms with Gasteiger partial charge in [-0.1, -0.05) is 36.2 Å². The number of nitrogens with zero attached hydrogens (tertiary/aromatic N) is 4. The van der Waals surface area contributed by atoms with Crippen LogP contribution in [0.25, 0.3) is 23.2 Å². The van der Waals surface area contributed by atoms with E-state index in [0.717, 1.165) is 22.6 Å². The molecule has 0 aliphatic heterocycles.